The molecule has 1 aromatic heterocycles. The van der Waals surface area contributed by atoms with Crippen molar-refractivity contribution in [3.05, 3.63) is 44.5 Å². The van der Waals surface area contributed by atoms with Crippen LogP contribution in [0.1, 0.15) is 23.7 Å². The summed E-state index contributed by atoms with van der Waals surface area (Å²) < 4.78 is 0. The van der Waals surface area contributed by atoms with Gasteiger partial charge in [-0.05, 0) is 37.1 Å². The highest BCUT2D eigenvalue weighted by molar-refractivity contribution is 5.97. The van der Waals surface area contributed by atoms with Gasteiger partial charge in [0.05, 0.1) is 11.0 Å². The van der Waals surface area contributed by atoms with Crippen molar-refractivity contribution in [3.63, 3.8) is 0 Å². The van der Waals surface area contributed by atoms with Crippen molar-refractivity contribution < 1.29 is 4.79 Å². The summed E-state index contributed by atoms with van der Waals surface area (Å²) in [6.07, 6.45) is 1.03. The predicted octanol–water partition coefficient (Wildman–Crippen LogP) is -0.0558. The number of nitrogens with one attached hydrogen (secondary N) is 4. The molecule has 1 aliphatic rings. The summed E-state index contributed by atoms with van der Waals surface area (Å²) >= 11 is 0. The summed E-state index contributed by atoms with van der Waals surface area (Å²) in [5.41, 5.74) is -0.0455. The van der Waals surface area contributed by atoms with Gasteiger partial charge in [0.25, 0.3) is 5.91 Å². The van der Waals surface area contributed by atoms with E-state index in [-0.39, 0.29) is 11.9 Å². The minimum Gasteiger partial charge on any atom is -0.348 e. The van der Waals surface area contributed by atoms with Crippen LogP contribution in [0.15, 0.2) is 27.8 Å². The lowest BCUT2D eigenvalue weighted by molar-refractivity contribution is 0.0915. The van der Waals surface area contributed by atoms with Crippen molar-refractivity contribution in [2.75, 3.05) is 13.1 Å². The minimum absolute atomic E-state index is 0.0894. The Morgan fingerprint density at radius 1 is 1.18 bits per heavy atom. The van der Waals surface area contributed by atoms with E-state index in [4.69, 9.17) is 0 Å². The third-order valence-electron chi connectivity index (χ3n) is 4.13. The zero-order chi connectivity index (χ0) is 15.7. The second-order valence-electron chi connectivity index (χ2n) is 5.72. The van der Waals surface area contributed by atoms with Gasteiger partial charge in [0.15, 0.2) is 0 Å². The molecule has 3 rings (SSSR count). The smallest absolute Gasteiger partial charge is 0.314 e. The highest BCUT2D eigenvalue weighted by Crippen LogP contribution is 2.13. The van der Waals surface area contributed by atoms with Crippen molar-refractivity contribution in [1.82, 2.24) is 20.6 Å². The Hall–Kier alpha value is -2.41. The molecule has 2 heterocycles. The van der Waals surface area contributed by atoms with E-state index in [1.807, 2.05) is 0 Å². The van der Waals surface area contributed by atoms with E-state index in [0.717, 1.165) is 19.5 Å². The molecule has 116 valence electrons. The Bertz CT molecular complexity index is 823. The first-order chi connectivity index (χ1) is 10.5. The Morgan fingerprint density at radius 2 is 1.91 bits per heavy atom. The summed E-state index contributed by atoms with van der Waals surface area (Å²) in [6, 6.07) is 4.91. The van der Waals surface area contributed by atoms with Crippen LogP contribution in [0.3, 0.4) is 0 Å². The molecule has 2 atom stereocenters. The minimum atomic E-state index is -0.727. The van der Waals surface area contributed by atoms with Crippen LogP contribution in [-0.4, -0.2) is 35.0 Å². The average molecular weight is 302 g/mol. The van der Waals surface area contributed by atoms with E-state index < -0.39 is 11.1 Å². The van der Waals surface area contributed by atoms with Crippen molar-refractivity contribution in [2.24, 2.45) is 5.92 Å². The van der Waals surface area contributed by atoms with Gasteiger partial charge in [-0.3, -0.25) is 14.4 Å². The predicted molar refractivity (Wildman–Crippen MR) is 83.1 cm³/mol. The van der Waals surface area contributed by atoms with Crippen LogP contribution in [0.2, 0.25) is 0 Å². The molecule has 7 nitrogen and oxygen atoms in total. The quantitative estimate of drug-likeness (QED) is 0.583. The first-order valence-electron chi connectivity index (χ1n) is 7.32. The normalized spacial score (nSPS) is 21.7. The number of hydrogen-bond acceptors (Lipinski definition) is 4. The fraction of sp³-hybridized carbons (Fsp3) is 0.400. The SMILES string of the molecule is CC1CCNCC1NC(=O)c1ccc2[nH]c(=O)c(=O)[nH]c2c1. The Kier molecular flexibility index (Phi) is 3.81. The number of carbonyl (C=O) groups excluding carboxylic acids is 1. The topological polar surface area (TPSA) is 107 Å². The molecule has 0 aliphatic carbocycles. The molecular weight excluding hydrogens is 284 g/mol. The highest BCUT2D eigenvalue weighted by Gasteiger charge is 2.23. The van der Waals surface area contributed by atoms with Crippen LogP contribution in [0.4, 0.5) is 0 Å². The number of rotatable bonds is 2. The molecule has 1 aromatic carbocycles. The number of amides is 1. The Morgan fingerprint density at radius 3 is 2.64 bits per heavy atom. The van der Waals surface area contributed by atoms with E-state index in [1.54, 1.807) is 18.2 Å². The molecule has 2 unspecified atom stereocenters. The van der Waals surface area contributed by atoms with E-state index in [0.29, 0.717) is 22.5 Å². The van der Waals surface area contributed by atoms with Crippen LogP contribution in [-0.2, 0) is 0 Å². The first kappa shape index (κ1) is 14.5. The van der Waals surface area contributed by atoms with Crippen molar-refractivity contribution >= 4 is 16.9 Å². The third kappa shape index (κ3) is 2.80. The van der Waals surface area contributed by atoms with Gasteiger partial charge < -0.3 is 20.6 Å². The standard InChI is InChI=1S/C15H18N4O3/c1-8-4-5-16-7-12(8)19-13(20)9-2-3-10-11(6-9)18-15(22)14(21)17-10/h2-3,6,8,12,16H,4-5,7H2,1H3,(H,17,21)(H,18,22)(H,19,20). The van der Waals surface area contributed by atoms with Gasteiger partial charge in [0, 0.05) is 18.2 Å². The maximum Gasteiger partial charge on any atom is 0.314 e. The fourth-order valence-corrected chi connectivity index (χ4v) is 2.69. The van der Waals surface area contributed by atoms with Gasteiger partial charge in [-0.1, -0.05) is 6.92 Å². The molecule has 1 aliphatic heterocycles. The largest absolute Gasteiger partial charge is 0.348 e. The zero-order valence-corrected chi connectivity index (χ0v) is 12.2. The molecule has 1 amide bonds. The fourth-order valence-electron chi connectivity index (χ4n) is 2.69. The van der Waals surface area contributed by atoms with Crippen LogP contribution < -0.4 is 21.8 Å². The Balaban J connectivity index is 1.86. The number of benzene rings is 1. The maximum atomic E-state index is 12.4. The van der Waals surface area contributed by atoms with Crippen molar-refractivity contribution in [2.45, 2.75) is 19.4 Å². The lowest BCUT2D eigenvalue weighted by atomic mass is 9.94. The van der Waals surface area contributed by atoms with Gasteiger partial charge >= 0.3 is 11.1 Å². The third-order valence-corrected chi connectivity index (χ3v) is 4.13. The van der Waals surface area contributed by atoms with Gasteiger partial charge in [0.1, 0.15) is 0 Å². The maximum absolute atomic E-state index is 12.4. The summed E-state index contributed by atoms with van der Waals surface area (Å²) in [5, 5.41) is 6.27. The number of aromatic nitrogens is 2. The molecule has 22 heavy (non-hydrogen) atoms. The lowest BCUT2D eigenvalue weighted by Crippen LogP contribution is -2.50. The molecule has 1 saturated heterocycles. The van der Waals surface area contributed by atoms with Crippen LogP contribution in [0.25, 0.3) is 11.0 Å². The van der Waals surface area contributed by atoms with Crippen LogP contribution in [0, 0.1) is 5.92 Å². The van der Waals surface area contributed by atoms with Gasteiger partial charge in [-0.15, -0.1) is 0 Å². The number of piperidine rings is 1. The summed E-state index contributed by atoms with van der Waals surface area (Å²) in [7, 11) is 0. The van der Waals surface area contributed by atoms with Crippen molar-refractivity contribution in [1.29, 1.82) is 0 Å². The molecular formula is C15H18N4O3. The number of aromatic amines is 2. The summed E-state index contributed by atoms with van der Waals surface area (Å²) in [5.74, 6) is 0.233. The monoisotopic (exact) mass is 302 g/mol. The summed E-state index contributed by atoms with van der Waals surface area (Å²) in [4.78, 5) is 39.9. The van der Waals surface area contributed by atoms with Gasteiger partial charge in [-0.25, -0.2) is 0 Å². The highest BCUT2D eigenvalue weighted by atomic mass is 16.2. The van der Waals surface area contributed by atoms with Gasteiger partial charge in [0.2, 0.25) is 0 Å². The molecule has 1 fully saturated rings. The van der Waals surface area contributed by atoms with E-state index in [1.165, 1.54) is 0 Å². The van der Waals surface area contributed by atoms with E-state index >= 15 is 0 Å². The number of carbonyl (C=O) groups is 1. The van der Waals surface area contributed by atoms with Crippen LogP contribution in [0.5, 0.6) is 0 Å². The number of hydrogen-bond donors (Lipinski definition) is 4. The van der Waals surface area contributed by atoms with E-state index in [9.17, 15) is 14.4 Å². The summed E-state index contributed by atoms with van der Waals surface area (Å²) in [6.45, 7) is 3.84. The molecule has 0 saturated carbocycles. The molecule has 2 aromatic rings. The van der Waals surface area contributed by atoms with Crippen molar-refractivity contribution in [3.8, 4) is 0 Å². The molecule has 0 radical (unpaired) electrons. The van der Waals surface area contributed by atoms with Crippen LogP contribution >= 0.6 is 0 Å². The zero-order valence-electron chi connectivity index (χ0n) is 12.2. The molecule has 0 bridgehead atoms. The first-order valence-corrected chi connectivity index (χ1v) is 7.32. The second-order valence-corrected chi connectivity index (χ2v) is 5.72. The number of fused-ring (bicyclic) bond motifs is 1. The number of H-pyrrole nitrogens is 2. The van der Waals surface area contributed by atoms with Gasteiger partial charge in [-0.2, -0.15) is 0 Å². The average Bonchev–Trinajstić information content (AvgIpc) is 2.50. The second kappa shape index (κ2) is 5.76. The lowest BCUT2D eigenvalue weighted by Gasteiger charge is -2.30. The molecule has 0 spiro atoms. The van der Waals surface area contributed by atoms with E-state index in [2.05, 4.69) is 27.5 Å². The molecule has 4 N–H and O–H groups in total. The Labute approximate surface area is 126 Å². The molecule has 7 heteroatoms.